The number of rotatable bonds is 11. The number of alkyl carbamates (subject to hydrolysis) is 1. The van der Waals surface area contributed by atoms with Gasteiger partial charge in [-0.15, -0.1) is 0 Å². The first kappa shape index (κ1) is 29.4. The zero-order valence-corrected chi connectivity index (χ0v) is 21.6. The maximum atomic E-state index is 13.1. The van der Waals surface area contributed by atoms with Gasteiger partial charge in [0.05, 0.1) is 5.69 Å². The molecule has 7 N–H and O–H groups in total. The Balaban J connectivity index is 1.57. The number of aliphatic carboxylic acids is 1. The van der Waals surface area contributed by atoms with Crippen LogP contribution >= 0.6 is 0 Å². The smallest absolute Gasteiger partial charge is 0.407 e. The van der Waals surface area contributed by atoms with Gasteiger partial charge in [-0.2, -0.15) is 0 Å². The summed E-state index contributed by atoms with van der Waals surface area (Å²) in [6.45, 7) is -0.834. The average molecular weight is 554 g/mol. The number of hydrogen-bond donors (Lipinski definition) is 5. The Morgan fingerprint density at radius 1 is 1.00 bits per heavy atom. The number of aliphatic imine (C=N–C) groups is 1. The Kier molecular flexibility index (Phi) is 10.4. The number of nitrogens with zero attached hydrogens (tertiary/aromatic N) is 3. The summed E-state index contributed by atoms with van der Waals surface area (Å²) in [6, 6.07) is 14.1. The van der Waals surface area contributed by atoms with Crippen molar-refractivity contribution in [1.29, 1.82) is 0 Å². The van der Waals surface area contributed by atoms with E-state index in [9.17, 15) is 24.0 Å². The standard InChI is InChI=1S/C26H31N7O7/c27-25(28)31-19-8-6-18(7-9-19)23(37)29-11-10-20-24(38)32(15-22(35)36)12-13-33(20)21(34)14-30-26(39)40-16-17-4-2-1-3-5-17/h1-9,20H,10-16H2,(H,29,37)(H,30,39)(H,35,36)(H4,27,28,31)/t20-/m0/s1. The minimum absolute atomic E-state index is 0.0142. The molecule has 0 unspecified atom stereocenters. The van der Waals surface area contributed by atoms with Crippen LogP contribution in [0.4, 0.5) is 10.5 Å². The Morgan fingerprint density at radius 2 is 1.70 bits per heavy atom. The summed E-state index contributed by atoms with van der Waals surface area (Å²) < 4.78 is 5.11. The molecule has 14 nitrogen and oxygen atoms in total. The Bertz CT molecular complexity index is 1250. The molecule has 1 atom stereocenters. The van der Waals surface area contributed by atoms with Crippen LogP contribution < -0.4 is 22.1 Å². The molecule has 1 saturated heterocycles. The topological polar surface area (TPSA) is 210 Å². The molecule has 3 rings (SSSR count). The third kappa shape index (κ3) is 8.72. The van der Waals surface area contributed by atoms with E-state index < -0.39 is 48.9 Å². The van der Waals surface area contributed by atoms with Crippen LogP contribution in [0.3, 0.4) is 0 Å². The monoisotopic (exact) mass is 553 g/mol. The molecule has 4 amide bonds. The quantitative estimate of drug-likeness (QED) is 0.183. The van der Waals surface area contributed by atoms with E-state index in [4.69, 9.17) is 21.3 Å². The van der Waals surface area contributed by atoms with Crippen molar-refractivity contribution < 1.29 is 33.8 Å². The molecule has 0 aliphatic carbocycles. The molecule has 0 radical (unpaired) electrons. The first-order valence-electron chi connectivity index (χ1n) is 12.4. The number of ether oxygens (including phenoxy) is 1. The predicted octanol–water partition coefficient (Wildman–Crippen LogP) is -0.238. The Labute approximate surface area is 230 Å². The van der Waals surface area contributed by atoms with Gasteiger partial charge in [0, 0.05) is 25.2 Å². The molecule has 2 aromatic rings. The van der Waals surface area contributed by atoms with Crippen molar-refractivity contribution in [2.45, 2.75) is 19.1 Å². The third-order valence-electron chi connectivity index (χ3n) is 5.92. The Hall–Kier alpha value is -5.14. The summed E-state index contributed by atoms with van der Waals surface area (Å²) in [6.07, 6.45) is -0.778. The highest BCUT2D eigenvalue weighted by Gasteiger charge is 2.37. The van der Waals surface area contributed by atoms with Crippen molar-refractivity contribution in [3.8, 4) is 0 Å². The van der Waals surface area contributed by atoms with Crippen molar-refractivity contribution in [2.24, 2.45) is 16.5 Å². The van der Waals surface area contributed by atoms with Crippen LogP contribution in [0.25, 0.3) is 0 Å². The van der Waals surface area contributed by atoms with Crippen molar-refractivity contribution in [1.82, 2.24) is 20.4 Å². The van der Waals surface area contributed by atoms with E-state index in [1.165, 1.54) is 17.0 Å². The van der Waals surface area contributed by atoms with Gasteiger partial charge in [0.2, 0.25) is 11.8 Å². The number of carboxylic acids is 1. The third-order valence-corrected chi connectivity index (χ3v) is 5.92. The van der Waals surface area contributed by atoms with E-state index >= 15 is 0 Å². The number of benzene rings is 2. The summed E-state index contributed by atoms with van der Waals surface area (Å²) in [7, 11) is 0. The Morgan fingerprint density at radius 3 is 2.35 bits per heavy atom. The lowest BCUT2D eigenvalue weighted by Crippen LogP contribution is -2.61. The van der Waals surface area contributed by atoms with Crippen LogP contribution in [0.1, 0.15) is 22.3 Å². The van der Waals surface area contributed by atoms with Crippen LogP contribution in [0, 0.1) is 0 Å². The van der Waals surface area contributed by atoms with Crippen LogP contribution in [0.15, 0.2) is 59.6 Å². The number of guanidine groups is 1. The van der Waals surface area contributed by atoms with Crippen molar-refractivity contribution in [3.05, 3.63) is 65.7 Å². The van der Waals surface area contributed by atoms with E-state index in [0.29, 0.717) is 11.3 Å². The highest BCUT2D eigenvalue weighted by Crippen LogP contribution is 2.16. The summed E-state index contributed by atoms with van der Waals surface area (Å²) in [5.41, 5.74) is 12.2. The van der Waals surface area contributed by atoms with Crippen molar-refractivity contribution >= 4 is 41.4 Å². The number of carboxylic acid groups (broad SMARTS) is 1. The molecule has 1 fully saturated rings. The molecule has 2 aromatic carbocycles. The number of amides is 4. The maximum Gasteiger partial charge on any atom is 0.407 e. The molecule has 0 aromatic heterocycles. The van der Waals surface area contributed by atoms with Gasteiger partial charge in [-0.25, -0.2) is 9.79 Å². The summed E-state index contributed by atoms with van der Waals surface area (Å²) >= 11 is 0. The lowest BCUT2D eigenvalue weighted by atomic mass is 10.1. The van der Waals surface area contributed by atoms with Gasteiger partial charge in [-0.1, -0.05) is 30.3 Å². The molecule has 0 bridgehead atoms. The average Bonchev–Trinajstić information content (AvgIpc) is 2.93. The van der Waals surface area contributed by atoms with E-state index in [1.807, 2.05) is 6.07 Å². The summed E-state index contributed by atoms with van der Waals surface area (Å²) in [5.74, 6) is -2.85. The minimum Gasteiger partial charge on any atom is -0.480 e. The lowest BCUT2D eigenvalue weighted by Gasteiger charge is -2.40. The van der Waals surface area contributed by atoms with Crippen LogP contribution in [0.5, 0.6) is 0 Å². The van der Waals surface area contributed by atoms with E-state index in [-0.39, 0.29) is 38.6 Å². The van der Waals surface area contributed by atoms with Gasteiger partial charge in [0.15, 0.2) is 5.96 Å². The van der Waals surface area contributed by atoms with Crippen LogP contribution in [-0.4, -0.2) is 89.4 Å². The number of nitrogens with two attached hydrogens (primary N) is 2. The number of nitrogens with one attached hydrogen (secondary N) is 2. The van der Waals surface area contributed by atoms with Gasteiger partial charge in [0.25, 0.3) is 5.91 Å². The number of carbonyl (C=O) groups is 5. The molecule has 1 aliphatic rings. The van der Waals surface area contributed by atoms with Gasteiger partial charge in [-0.05, 0) is 36.2 Å². The van der Waals surface area contributed by atoms with Crippen LogP contribution in [0.2, 0.25) is 0 Å². The highest BCUT2D eigenvalue weighted by molar-refractivity contribution is 5.95. The molecule has 0 spiro atoms. The molecule has 40 heavy (non-hydrogen) atoms. The normalized spacial score (nSPS) is 14.7. The van der Waals surface area contributed by atoms with E-state index in [1.54, 1.807) is 36.4 Å². The van der Waals surface area contributed by atoms with Gasteiger partial charge in [-0.3, -0.25) is 19.2 Å². The number of piperazine rings is 1. The molecule has 1 heterocycles. The highest BCUT2D eigenvalue weighted by atomic mass is 16.5. The molecular formula is C26H31N7O7. The minimum atomic E-state index is -1.19. The summed E-state index contributed by atoms with van der Waals surface area (Å²) in [4.78, 5) is 68.1. The molecule has 1 aliphatic heterocycles. The predicted molar refractivity (Wildman–Crippen MR) is 143 cm³/mol. The molecular weight excluding hydrogens is 522 g/mol. The fourth-order valence-corrected chi connectivity index (χ4v) is 4.02. The zero-order chi connectivity index (χ0) is 29.1. The largest absolute Gasteiger partial charge is 0.480 e. The lowest BCUT2D eigenvalue weighted by molar-refractivity contribution is -0.155. The zero-order valence-electron chi connectivity index (χ0n) is 21.6. The summed E-state index contributed by atoms with van der Waals surface area (Å²) in [5, 5.41) is 14.2. The van der Waals surface area contributed by atoms with Gasteiger partial charge in [0.1, 0.15) is 25.7 Å². The second kappa shape index (κ2) is 14.1. The first-order chi connectivity index (χ1) is 19.1. The van der Waals surface area contributed by atoms with E-state index in [0.717, 1.165) is 10.5 Å². The number of hydrogen-bond acceptors (Lipinski definition) is 7. The fraction of sp³-hybridized carbons (Fsp3) is 0.308. The second-order valence-corrected chi connectivity index (χ2v) is 8.80. The van der Waals surface area contributed by atoms with Gasteiger partial charge < -0.3 is 41.7 Å². The molecule has 0 saturated carbocycles. The SMILES string of the molecule is NC(N)=Nc1ccc(C(=O)NCC[C@H]2C(=O)N(CC(=O)O)CCN2C(=O)CNC(=O)OCc2ccccc2)cc1. The first-order valence-corrected chi connectivity index (χ1v) is 12.4. The molecule has 14 heteroatoms. The second-order valence-electron chi connectivity index (χ2n) is 8.80. The van der Waals surface area contributed by atoms with Crippen molar-refractivity contribution in [2.75, 3.05) is 32.7 Å². The van der Waals surface area contributed by atoms with Gasteiger partial charge >= 0.3 is 12.1 Å². The van der Waals surface area contributed by atoms with Crippen molar-refractivity contribution in [3.63, 3.8) is 0 Å². The van der Waals surface area contributed by atoms with E-state index in [2.05, 4.69) is 15.6 Å². The number of carbonyl (C=O) groups excluding carboxylic acids is 4. The fourth-order valence-electron chi connectivity index (χ4n) is 4.02. The maximum absolute atomic E-state index is 13.1. The molecule has 212 valence electrons. The van der Waals surface area contributed by atoms with Crippen LogP contribution in [-0.2, 0) is 25.7 Å².